The van der Waals surface area contributed by atoms with Crippen molar-refractivity contribution < 1.29 is 4.79 Å². The average Bonchev–Trinajstić information content (AvgIpc) is 3.46. The SMILES string of the molecule is CCC(=O)n1c2ccc1cc1nc(cc3ccc(cc4nc(c2)C=C4)[nH]3)C=C1. The van der Waals surface area contributed by atoms with Crippen LogP contribution in [0, 0.1) is 0 Å². The third-order valence-corrected chi connectivity index (χ3v) is 4.79. The molecule has 0 spiro atoms. The fraction of sp³-hybridized carbons (Fsp3) is 0.0870. The summed E-state index contributed by atoms with van der Waals surface area (Å²) in [5.41, 5.74) is 6.96. The minimum Gasteiger partial charge on any atom is -0.355 e. The molecule has 2 aliphatic heterocycles. The van der Waals surface area contributed by atoms with Gasteiger partial charge in [-0.15, -0.1) is 0 Å². The fourth-order valence-electron chi connectivity index (χ4n) is 3.47. The Hall–Kier alpha value is -3.73. The molecule has 28 heavy (non-hydrogen) atoms. The summed E-state index contributed by atoms with van der Waals surface area (Å²) >= 11 is 0. The van der Waals surface area contributed by atoms with Gasteiger partial charge in [0, 0.05) is 17.5 Å². The van der Waals surface area contributed by atoms with Crippen molar-refractivity contribution in [2.24, 2.45) is 0 Å². The number of hydrogen-bond donors (Lipinski definition) is 1. The molecule has 2 aliphatic rings. The zero-order valence-corrected chi connectivity index (χ0v) is 15.4. The van der Waals surface area contributed by atoms with Gasteiger partial charge in [0.1, 0.15) is 0 Å². The van der Waals surface area contributed by atoms with Crippen LogP contribution in [0.4, 0.5) is 0 Å². The Morgan fingerprint density at radius 3 is 1.71 bits per heavy atom. The zero-order valence-electron chi connectivity index (χ0n) is 15.4. The molecule has 0 aliphatic carbocycles. The van der Waals surface area contributed by atoms with E-state index < -0.39 is 0 Å². The van der Waals surface area contributed by atoms with Crippen molar-refractivity contribution in [2.75, 3.05) is 0 Å². The highest BCUT2D eigenvalue weighted by Gasteiger charge is 2.09. The average molecular weight is 366 g/mol. The number of nitrogens with one attached hydrogen (secondary N) is 1. The van der Waals surface area contributed by atoms with Crippen molar-refractivity contribution in [3.8, 4) is 0 Å². The molecule has 0 unspecified atom stereocenters. The highest BCUT2D eigenvalue weighted by molar-refractivity contribution is 5.91. The molecule has 5 heteroatoms. The largest absolute Gasteiger partial charge is 0.355 e. The maximum atomic E-state index is 12.6. The summed E-state index contributed by atoms with van der Waals surface area (Å²) in [7, 11) is 0. The molecule has 1 N–H and O–H groups in total. The minimum absolute atomic E-state index is 0.0397. The summed E-state index contributed by atoms with van der Waals surface area (Å²) in [6.45, 7) is 1.87. The Kier molecular flexibility index (Phi) is 3.79. The lowest BCUT2D eigenvalue weighted by molar-refractivity contribution is 0.0919. The van der Waals surface area contributed by atoms with Crippen molar-refractivity contribution in [1.82, 2.24) is 19.5 Å². The number of hydrogen-bond acceptors (Lipinski definition) is 3. The number of carbonyl (C=O) groups excluding carboxylic acids is 1. The number of carbonyl (C=O) groups is 1. The van der Waals surface area contributed by atoms with Gasteiger partial charge in [-0.25, -0.2) is 9.97 Å². The summed E-state index contributed by atoms with van der Waals surface area (Å²) < 4.78 is 1.73. The van der Waals surface area contributed by atoms with E-state index in [-0.39, 0.29) is 5.91 Å². The topological polar surface area (TPSA) is 63.6 Å². The lowest BCUT2D eigenvalue weighted by Gasteiger charge is -2.02. The summed E-state index contributed by atoms with van der Waals surface area (Å²) in [5.74, 6) is 0.0397. The molecule has 5 nitrogen and oxygen atoms in total. The Balaban J connectivity index is 1.88. The van der Waals surface area contributed by atoms with Gasteiger partial charge in [0.25, 0.3) is 0 Å². The van der Waals surface area contributed by atoms with Crippen LogP contribution in [0.3, 0.4) is 0 Å². The molecule has 3 aromatic heterocycles. The van der Waals surface area contributed by atoms with E-state index in [2.05, 4.69) is 15.0 Å². The number of nitrogens with zero attached hydrogens (tertiary/aromatic N) is 3. The normalized spacial score (nSPS) is 12.5. The molecule has 0 atom stereocenters. The van der Waals surface area contributed by atoms with Crippen LogP contribution in [0.1, 0.15) is 40.9 Å². The molecule has 0 saturated carbocycles. The molecule has 5 rings (SSSR count). The number of rotatable bonds is 1. The summed E-state index contributed by atoms with van der Waals surface area (Å²) in [5, 5.41) is 0. The third-order valence-electron chi connectivity index (χ3n) is 4.79. The Morgan fingerprint density at radius 2 is 1.25 bits per heavy atom. The van der Waals surface area contributed by atoms with Gasteiger partial charge in [-0.05, 0) is 72.8 Å². The fourth-order valence-corrected chi connectivity index (χ4v) is 3.47. The van der Waals surface area contributed by atoms with E-state index in [1.807, 2.05) is 79.8 Å². The van der Waals surface area contributed by atoms with Gasteiger partial charge >= 0.3 is 0 Å². The van der Waals surface area contributed by atoms with Crippen LogP contribution >= 0.6 is 0 Å². The van der Waals surface area contributed by atoms with Crippen molar-refractivity contribution in [3.05, 3.63) is 71.3 Å². The van der Waals surface area contributed by atoms with Gasteiger partial charge in [-0.3, -0.25) is 9.36 Å². The van der Waals surface area contributed by atoms with Crippen LogP contribution in [0.5, 0.6) is 0 Å². The standard InChI is InChI=1S/C23H18N4O/c1-2-23(28)27-21-9-10-22(27)14-20-8-6-18(26-20)12-16-4-3-15(24-16)11-17-5-7-19(13-21)25-17/h3-14,24H,2H2,1H3. The van der Waals surface area contributed by atoms with Crippen molar-refractivity contribution in [2.45, 2.75) is 13.3 Å². The number of aromatic nitrogens is 4. The molecule has 0 fully saturated rings. The highest BCUT2D eigenvalue weighted by atomic mass is 16.2. The smallest absolute Gasteiger partial charge is 0.231 e. The first-order valence-electron chi connectivity index (χ1n) is 9.28. The van der Waals surface area contributed by atoms with Gasteiger partial charge in [0.15, 0.2) is 0 Å². The van der Waals surface area contributed by atoms with E-state index in [1.54, 1.807) is 4.57 Å². The van der Waals surface area contributed by atoms with Crippen LogP contribution < -0.4 is 0 Å². The quantitative estimate of drug-likeness (QED) is 0.445. The first-order valence-corrected chi connectivity index (χ1v) is 9.28. The van der Waals surface area contributed by atoms with Crippen LogP contribution in [0.25, 0.3) is 46.4 Å². The van der Waals surface area contributed by atoms with Crippen LogP contribution in [-0.2, 0) is 0 Å². The third kappa shape index (κ3) is 2.97. The molecule has 0 amide bonds. The van der Waals surface area contributed by atoms with Gasteiger partial charge in [0.05, 0.1) is 33.8 Å². The maximum absolute atomic E-state index is 12.6. The Bertz CT molecular complexity index is 1230. The molecule has 5 heterocycles. The predicted octanol–water partition coefficient (Wildman–Crippen LogP) is 5.18. The van der Waals surface area contributed by atoms with Crippen molar-refractivity contribution in [1.29, 1.82) is 0 Å². The molecular weight excluding hydrogens is 348 g/mol. The summed E-state index contributed by atoms with van der Waals surface area (Å²) in [4.78, 5) is 25.3. The van der Waals surface area contributed by atoms with Crippen LogP contribution in [-0.4, -0.2) is 25.4 Å². The molecule has 136 valence electrons. The summed E-state index contributed by atoms with van der Waals surface area (Å²) in [6, 6.07) is 15.8. The van der Waals surface area contributed by atoms with Gasteiger partial charge < -0.3 is 4.98 Å². The van der Waals surface area contributed by atoms with E-state index >= 15 is 0 Å². The van der Waals surface area contributed by atoms with E-state index in [1.165, 1.54) is 0 Å². The van der Waals surface area contributed by atoms with Crippen molar-refractivity contribution in [3.63, 3.8) is 0 Å². The lowest BCUT2D eigenvalue weighted by atomic mass is 10.3. The van der Waals surface area contributed by atoms with Crippen molar-refractivity contribution >= 4 is 52.3 Å². The van der Waals surface area contributed by atoms with E-state index in [9.17, 15) is 4.79 Å². The monoisotopic (exact) mass is 366 g/mol. The lowest BCUT2D eigenvalue weighted by Crippen LogP contribution is -2.07. The Labute approximate surface area is 161 Å². The molecule has 0 radical (unpaired) electrons. The summed E-state index contributed by atoms with van der Waals surface area (Å²) in [6.07, 6.45) is 8.29. The number of fused-ring (bicyclic) bond motifs is 8. The van der Waals surface area contributed by atoms with E-state index in [4.69, 9.17) is 0 Å². The van der Waals surface area contributed by atoms with E-state index in [0.717, 1.165) is 44.8 Å². The molecule has 3 aromatic rings. The second-order valence-corrected chi connectivity index (χ2v) is 6.80. The van der Waals surface area contributed by atoms with Crippen LogP contribution in [0.2, 0.25) is 0 Å². The highest BCUT2D eigenvalue weighted by Crippen LogP contribution is 2.19. The molecule has 8 bridgehead atoms. The van der Waals surface area contributed by atoms with Crippen LogP contribution in [0.15, 0.2) is 48.5 Å². The first-order chi connectivity index (χ1) is 13.7. The molecule has 0 saturated heterocycles. The minimum atomic E-state index is 0.0397. The predicted molar refractivity (Wildman–Crippen MR) is 113 cm³/mol. The van der Waals surface area contributed by atoms with Gasteiger partial charge in [0.2, 0.25) is 5.91 Å². The second kappa shape index (κ2) is 6.46. The maximum Gasteiger partial charge on any atom is 0.231 e. The molecular formula is C23H18N4O. The van der Waals surface area contributed by atoms with E-state index in [0.29, 0.717) is 6.42 Å². The second-order valence-electron chi connectivity index (χ2n) is 6.80. The van der Waals surface area contributed by atoms with Gasteiger partial charge in [-0.2, -0.15) is 0 Å². The number of aromatic amines is 1. The first kappa shape index (κ1) is 16.4. The zero-order chi connectivity index (χ0) is 19.1. The molecule has 0 aromatic carbocycles. The Morgan fingerprint density at radius 1 is 0.786 bits per heavy atom. The van der Waals surface area contributed by atoms with Gasteiger partial charge in [-0.1, -0.05) is 6.92 Å². The number of H-pyrrole nitrogens is 1.